The second-order valence-corrected chi connectivity index (χ2v) is 7.10. The van der Waals surface area contributed by atoms with Crippen LogP contribution in [0.25, 0.3) is 0 Å². The fraction of sp³-hybridized carbons (Fsp3) is 0.312. The number of pyridine rings is 1. The monoisotopic (exact) mass is 336 g/mol. The van der Waals surface area contributed by atoms with Crippen molar-refractivity contribution in [2.45, 2.75) is 29.9 Å². The van der Waals surface area contributed by atoms with E-state index in [0.717, 1.165) is 12.8 Å². The number of sulfonamides is 1. The van der Waals surface area contributed by atoms with Gasteiger partial charge in [0.15, 0.2) is 0 Å². The number of nitrogens with zero attached hydrogens (tertiary/aromatic N) is 1. The van der Waals surface area contributed by atoms with Gasteiger partial charge in [-0.1, -0.05) is 12.1 Å². The molecule has 0 unspecified atom stereocenters. The predicted octanol–water partition coefficient (Wildman–Crippen LogP) is 2.42. The van der Waals surface area contributed by atoms with E-state index in [2.05, 4.69) is 9.71 Å². The third-order valence-electron chi connectivity index (χ3n) is 3.79. The Morgan fingerprint density at radius 3 is 2.65 bits per heavy atom. The van der Waals surface area contributed by atoms with Crippen molar-refractivity contribution in [2.75, 3.05) is 6.61 Å². The molecule has 0 saturated carbocycles. The minimum Gasteiger partial charge on any atom is -0.376 e. The Kier molecular flexibility index (Phi) is 4.70. The van der Waals surface area contributed by atoms with Gasteiger partial charge in [-0.05, 0) is 42.7 Å². The standard InChI is InChI=1S/C16H17FN2O3S/c17-13-7-5-12(6-8-13)16(15-4-2-10-22-15)19-23(20,21)14-3-1-9-18-11-14/h1,3,5-9,11,15-16,19H,2,4,10H2/t15-,16+/m1/s1. The van der Waals surface area contributed by atoms with E-state index >= 15 is 0 Å². The predicted molar refractivity (Wildman–Crippen MR) is 82.7 cm³/mol. The molecule has 2 aromatic rings. The summed E-state index contributed by atoms with van der Waals surface area (Å²) in [5.74, 6) is -0.366. The lowest BCUT2D eigenvalue weighted by Crippen LogP contribution is -2.36. The highest BCUT2D eigenvalue weighted by molar-refractivity contribution is 7.89. The Hall–Kier alpha value is -1.83. The zero-order chi connectivity index (χ0) is 16.3. The van der Waals surface area contributed by atoms with E-state index in [4.69, 9.17) is 4.74 Å². The minimum atomic E-state index is -3.74. The molecule has 0 spiro atoms. The maximum absolute atomic E-state index is 13.2. The van der Waals surface area contributed by atoms with Crippen molar-refractivity contribution < 1.29 is 17.5 Å². The van der Waals surface area contributed by atoms with E-state index in [1.54, 1.807) is 18.2 Å². The molecule has 122 valence electrons. The lowest BCUT2D eigenvalue weighted by Gasteiger charge is -2.24. The van der Waals surface area contributed by atoms with Crippen LogP contribution < -0.4 is 4.72 Å². The zero-order valence-electron chi connectivity index (χ0n) is 12.4. The van der Waals surface area contributed by atoms with Crippen LogP contribution in [0.2, 0.25) is 0 Å². The summed E-state index contributed by atoms with van der Waals surface area (Å²) in [7, 11) is -3.74. The molecule has 2 atom stereocenters. The molecule has 7 heteroatoms. The van der Waals surface area contributed by atoms with Crippen LogP contribution in [0.5, 0.6) is 0 Å². The summed E-state index contributed by atoms with van der Waals surface area (Å²) in [6.07, 6.45) is 4.15. The van der Waals surface area contributed by atoms with Gasteiger partial charge in [-0.15, -0.1) is 0 Å². The molecule has 5 nitrogen and oxygen atoms in total. The Morgan fingerprint density at radius 1 is 1.26 bits per heavy atom. The SMILES string of the molecule is O=S(=O)(N[C@@H](c1ccc(F)cc1)[C@H]1CCCO1)c1cccnc1. The Morgan fingerprint density at radius 2 is 2.04 bits per heavy atom. The Balaban J connectivity index is 1.91. The molecular formula is C16H17FN2O3S. The summed E-state index contributed by atoms with van der Waals surface area (Å²) in [5, 5.41) is 0. The molecule has 1 fully saturated rings. The van der Waals surface area contributed by atoms with Crippen molar-refractivity contribution in [1.29, 1.82) is 0 Å². The third-order valence-corrected chi connectivity index (χ3v) is 5.22. The van der Waals surface area contributed by atoms with Gasteiger partial charge < -0.3 is 4.74 Å². The van der Waals surface area contributed by atoms with Crippen LogP contribution in [-0.2, 0) is 14.8 Å². The zero-order valence-corrected chi connectivity index (χ0v) is 13.2. The largest absolute Gasteiger partial charge is 0.376 e. The number of rotatable bonds is 5. The molecule has 1 aromatic carbocycles. The number of hydrogen-bond acceptors (Lipinski definition) is 4. The van der Waals surface area contributed by atoms with Gasteiger partial charge in [-0.3, -0.25) is 4.98 Å². The second kappa shape index (κ2) is 6.74. The number of benzene rings is 1. The van der Waals surface area contributed by atoms with Crippen LogP contribution in [0.15, 0.2) is 53.7 Å². The van der Waals surface area contributed by atoms with Crippen molar-refractivity contribution in [1.82, 2.24) is 9.71 Å². The highest BCUT2D eigenvalue weighted by Crippen LogP contribution is 2.28. The highest BCUT2D eigenvalue weighted by atomic mass is 32.2. The molecule has 23 heavy (non-hydrogen) atoms. The van der Waals surface area contributed by atoms with Crippen LogP contribution in [-0.4, -0.2) is 26.1 Å². The van der Waals surface area contributed by atoms with Crippen LogP contribution in [0.1, 0.15) is 24.4 Å². The van der Waals surface area contributed by atoms with Crippen molar-refractivity contribution in [3.05, 3.63) is 60.2 Å². The van der Waals surface area contributed by atoms with Gasteiger partial charge in [0.25, 0.3) is 0 Å². The van der Waals surface area contributed by atoms with E-state index in [1.165, 1.54) is 30.6 Å². The molecule has 0 bridgehead atoms. The number of halogens is 1. The number of nitrogens with one attached hydrogen (secondary N) is 1. The van der Waals surface area contributed by atoms with Crippen molar-refractivity contribution in [3.8, 4) is 0 Å². The van der Waals surface area contributed by atoms with Crippen LogP contribution in [0.3, 0.4) is 0 Å². The van der Waals surface area contributed by atoms with Gasteiger partial charge in [-0.25, -0.2) is 17.5 Å². The van der Waals surface area contributed by atoms with E-state index in [9.17, 15) is 12.8 Å². The molecule has 0 aliphatic carbocycles. The van der Waals surface area contributed by atoms with Gasteiger partial charge in [-0.2, -0.15) is 0 Å². The molecule has 0 amide bonds. The fourth-order valence-corrected chi connectivity index (χ4v) is 3.85. The molecule has 1 N–H and O–H groups in total. The summed E-state index contributed by atoms with van der Waals surface area (Å²) in [6.45, 7) is 0.594. The van der Waals surface area contributed by atoms with E-state index < -0.39 is 16.1 Å². The average Bonchev–Trinajstić information content (AvgIpc) is 3.09. The van der Waals surface area contributed by atoms with Gasteiger partial charge in [0.1, 0.15) is 10.7 Å². The Bertz CT molecular complexity index is 745. The second-order valence-electron chi connectivity index (χ2n) is 5.39. The van der Waals surface area contributed by atoms with Crippen molar-refractivity contribution in [3.63, 3.8) is 0 Å². The molecule has 1 saturated heterocycles. The van der Waals surface area contributed by atoms with Crippen LogP contribution >= 0.6 is 0 Å². The van der Waals surface area contributed by atoms with E-state index in [0.29, 0.717) is 12.2 Å². The topological polar surface area (TPSA) is 68.3 Å². The summed E-state index contributed by atoms with van der Waals surface area (Å²) in [4.78, 5) is 3.93. The third kappa shape index (κ3) is 3.74. The molecule has 1 aliphatic heterocycles. The molecule has 0 radical (unpaired) electrons. The van der Waals surface area contributed by atoms with Crippen molar-refractivity contribution in [2.24, 2.45) is 0 Å². The first-order valence-corrected chi connectivity index (χ1v) is 8.84. The lowest BCUT2D eigenvalue weighted by atomic mass is 10.0. The smallest absolute Gasteiger partial charge is 0.242 e. The molecule has 1 aliphatic rings. The average molecular weight is 336 g/mol. The number of ether oxygens (including phenoxy) is 1. The van der Waals surface area contributed by atoms with Gasteiger partial charge in [0.05, 0.1) is 12.1 Å². The maximum atomic E-state index is 13.2. The van der Waals surface area contributed by atoms with Gasteiger partial charge in [0, 0.05) is 19.0 Å². The lowest BCUT2D eigenvalue weighted by molar-refractivity contribution is 0.0851. The minimum absolute atomic E-state index is 0.0881. The molecule has 2 heterocycles. The highest BCUT2D eigenvalue weighted by Gasteiger charge is 2.31. The van der Waals surface area contributed by atoms with E-state index in [-0.39, 0.29) is 16.8 Å². The number of aromatic nitrogens is 1. The first-order valence-electron chi connectivity index (χ1n) is 7.36. The quantitative estimate of drug-likeness (QED) is 0.910. The van der Waals surface area contributed by atoms with E-state index in [1.807, 2.05) is 0 Å². The molecular weight excluding hydrogens is 319 g/mol. The molecule has 3 rings (SSSR count). The Labute approximate surface area is 134 Å². The maximum Gasteiger partial charge on any atom is 0.242 e. The van der Waals surface area contributed by atoms with Crippen molar-refractivity contribution >= 4 is 10.0 Å². The van der Waals surface area contributed by atoms with Crippen LogP contribution in [0, 0.1) is 5.82 Å². The van der Waals surface area contributed by atoms with Crippen LogP contribution in [0.4, 0.5) is 4.39 Å². The summed E-state index contributed by atoms with van der Waals surface area (Å²) in [6, 6.07) is 8.26. The molecule has 1 aromatic heterocycles. The first kappa shape index (κ1) is 16.0. The first-order chi connectivity index (χ1) is 11.1. The number of hydrogen-bond donors (Lipinski definition) is 1. The summed E-state index contributed by atoms with van der Waals surface area (Å²) < 4.78 is 46.6. The summed E-state index contributed by atoms with van der Waals surface area (Å²) >= 11 is 0. The van der Waals surface area contributed by atoms with Gasteiger partial charge in [0.2, 0.25) is 10.0 Å². The fourth-order valence-electron chi connectivity index (χ4n) is 2.64. The normalized spacial score (nSPS) is 19.6. The summed E-state index contributed by atoms with van der Waals surface area (Å²) in [5.41, 5.74) is 0.672. The van der Waals surface area contributed by atoms with Gasteiger partial charge >= 0.3 is 0 Å².